The van der Waals surface area contributed by atoms with Crippen LogP contribution in [-0.2, 0) is 9.84 Å². The second kappa shape index (κ2) is 7.77. The van der Waals surface area contributed by atoms with Gasteiger partial charge in [0, 0.05) is 30.8 Å². The van der Waals surface area contributed by atoms with Gasteiger partial charge in [-0.05, 0) is 53.6 Å². The van der Waals surface area contributed by atoms with Crippen molar-refractivity contribution in [3.8, 4) is 27.3 Å². The molecule has 3 aromatic rings. The molecular formula is C21H21NO4S2. The van der Waals surface area contributed by atoms with Gasteiger partial charge >= 0.3 is 0 Å². The summed E-state index contributed by atoms with van der Waals surface area (Å²) in [6.45, 7) is 0. The van der Waals surface area contributed by atoms with Crippen molar-refractivity contribution in [3.05, 3.63) is 59.5 Å². The summed E-state index contributed by atoms with van der Waals surface area (Å²) in [4.78, 5) is 15.9. The maximum Gasteiger partial charge on any atom is 0.263 e. The van der Waals surface area contributed by atoms with Crippen LogP contribution in [0.3, 0.4) is 0 Å². The average molecular weight is 416 g/mol. The molecule has 0 aliphatic rings. The summed E-state index contributed by atoms with van der Waals surface area (Å²) in [7, 11) is 1.79. The van der Waals surface area contributed by atoms with Crippen LogP contribution in [0.15, 0.2) is 59.5 Å². The molecule has 3 rings (SSSR count). The van der Waals surface area contributed by atoms with Crippen LogP contribution in [0, 0.1) is 0 Å². The Morgan fingerprint density at radius 1 is 0.964 bits per heavy atom. The minimum atomic E-state index is -3.26. The maximum absolute atomic E-state index is 12.5. The predicted octanol–water partition coefficient (Wildman–Crippen LogP) is 4.20. The standard InChI is InChI=1S/C21H21NO4S2/c1-22(2)21(23)19-13-18(14-7-11-17(12-8-14)28(4,24)25)20(27-19)15-5-9-16(26-3)10-6-15/h5-13H,1-4H3. The van der Waals surface area contributed by atoms with E-state index in [1.54, 1.807) is 50.4 Å². The number of sulfone groups is 1. The van der Waals surface area contributed by atoms with E-state index in [0.29, 0.717) is 4.88 Å². The Labute approximate surface area is 169 Å². The lowest BCUT2D eigenvalue weighted by atomic mass is 10.0. The highest BCUT2D eigenvalue weighted by Gasteiger charge is 2.19. The van der Waals surface area contributed by atoms with Crippen LogP contribution < -0.4 is 4.74 Å². The molecular weight excluding hydrogens is 394 g/mol. The number of benzene rings is 2. The molecule has 2 aromatic carbocycles. The van der Waals surface area contributed by atoms with Crippen molar-refractivity contribution in [1.82, 2.24) is 4.90 Å². The van der Waals surface area contributed by atoms with Gasteiger partial charge in [0.15, 0.2) is 9.84 Å². The molecule has 146 valence electrons. The van der Waals surface area contributed by atoms with Gasteiger partial charge in [-0.25, -0.2) is 8.42 Å². The Morgan fingerprint density at radius 2 is 1.54 bits per heavy atom. The Balaban J connectivity index is 2.13. The monoisotopic (exact) mass is 415 g/mol. The molecule has 0 saturated heterocycles. The normalized spacial score (nSPS) is 11.3. The van der Waals surface area contributed by atoms with E-state index < -0.39 is 9.84 Å². The van der Waals surface area contributed by atoms with E-state index >= 15 is 0 Å². The van der Waals surface area contributed by atoms with E-state index in [4.69, 9.17) is 4.74 Å². The molecule has 0 radical (unpaired) electrons. The van der Waals surface area contributed by atoms with Crippen molar-refractivity contribution in [2.75, 3.05) is 27.5 Å². The molecule has 1 heterocycles. The third-order valence-electron chi connectivity index (χ3n) is 4.29. The summed E-state index contributed by atoms with van der Waals surface area (Å²) in [5.41, 5.74) is 2.71. The molecule has 0 aliphatic carbocycles. The van der Waals surface area contributed by atoms with Crippen LogP contribution in [-0.4, -0.2) is 46.7 Å². The van der Waals surface area contributed by atoms with Gasteiger partial charge in [-0.1, -0.05) is 12.1 Å². The molecule has 7 heteroatoms. The van der Waals surface area contributed by atoms with Crippen molar-refractivity contribution < 1.29 is 17.9 Å². The number of thiophene rings is 1. The van der Waals surface area contributed by atoms with Crippen molar-refractivity contribution in [1.29, 1.82) is 0 Å². The predicted molar refractivity (Wildman–Crippen MR) is 113 cm³/mol. The molecule has 0 atom stereocenters. The van der Waals surface area contributed by atoms with E-state index in [-0.39, 0.29) is 10.8 Å². The maximum atomic E-state index is 12.5. The van der Waals surface area contributed by atoms with Gasteiger partial charge in [0.1, 0.15) is 5.75 Å². The van der Waals surface area contributed by atoms with Crippen LogP contribution in [0.4, 0.5) is 0 Å². The summed E-state index contributed by atoms with van der Waals surface area (Å²) < 4.78 is 28.7. The number of carbonyl (C=O) groups is 1. The summed E-state index contributed by atoms with van der Waals surface area (Å²) in [6, 6.07) is 16.2. The molecule has 28 heavy (non-hydrogen) atoms. The Bertz CT molecular complexity index is 1100. The number of methoxy groups -OCH3 is 1. The zero-order chi connectivity index (χ0) is 20.5. The minimum Gasteiger partial charge on any atom is -0.497 e. The minimum absolute atomic E-state index is 0.0706. The Kier molecular flexibility index (Phi) is 5.58. The molecule has 0 saturated carbocycles. The van der Waals surface area contributed by atoms with Crippen LogP contribution in [0.2, 0.25) is 0 Å². The van der Waals surface area contributed by atoms with E-state index in [9.17, 15) is 13.2 Å². The molecule has 0 bridgehead atoms. The number of hydrogen-bond acceptors (Lipinski definition) is 5. The highest BCUT2D eigenvalue weighted by atomic mass is 32.2. The summed E-state index contributed by atoms with van der Waals surface area (Å²) in [6.07, 6.45) is 1.18. The fourth-order valence-corrected chi connectivity index (χ4v) is 4.61. The smallest absolute Gasteiger partial charge is 0.263 e. The molecule has 0 aliphatic heterocycles. The van der Waals surface area contributed by atoms with Crippen molar-refractivity contribution in [2.45, 2.75) is 4.90 Å². The van der Waals surface area contributed by atoms with Gasteiger partial charge in [0.05, 0.1) is 16.9 Å². The van der Waals surface area contributed by atoms with Crippen molar-refractivity contribution in [3.63, 3.8) is 0 Å². The first kappa shape index (κ1) is 20.1. The van der Waals surface area contributed by atoms with Gasteiger partial charge in [-0.3, -0.25) is 4.79 Å². The van der Waals surface area contributed by atoms with Gasteiger partial charge in [-0.2, -0.15) is 0 Å². The first-order valence-corrected chi connectivity index (χ1v) is 11.2. The lowest BCUT2D eigenvalue weighted by molar-refractivity contribution is 0.0832. The van der Waals surface area contributed by atoms with Crippen molar-refractivity contribution >= 4 is 27.1 Å². The quantitative estimate of drug-likeness (QED) is 0.627. The average Bonchev–Trinajstić information content (AvgIpc) is 3.12. The summed E-state index contributed by atoms with van der Waals surface area (Å²) in [5, 5.41) is 0. The van der Waals surface area contributed by atoms with Crippen LogP contribution >= 0.6 is 11.3 Å². The number of carbonyl (C=O) groups excluding carboxylic acids is 1. The van der Waals surface area contributed by atoms with Crippen LogP contribution in [0.5, 0.6) is 5.75 Å². The molecule has 0 N–H and O–H groups in total. The zero-order valence-electron chi connectivity index (χ0n) is 16.1. The van der Waals surface area contributed by atoms with E-state index in [0.717, 1.165) is 27.3 Å². The molecule has 5 nitrogen and oxygen atoms in total. The van der Waals surface area contributed by atoms with E-state index in [1.165, 1.54) is 17.6 Å². The van der Waals surface area contributed by atoms with Gasteiger partial charge in [-0.15, -0.1) is 11.3 Å². The number of hydrogen-bond donors (Lipinski definition) is 0. The molecule has 0 fully saturated rings. The topological polar surface area (TPSA) is 63.7 Å². The lowest BCUT2D eigenvalue weighted by Gasteiger charge is -2.07. The van der Waals surface area contributed by atoms with Gasteiger partial charge in [0.2, 0.25) is 0 Å². The zero-order valence-corrected chi connectivity index (χ0v) is 17.7. The lowest BCUT2D eigenvalue weighted by Crippen LogP contribution is -2.20. The fourth-order valence-electron chi connectivity index (χ4n) is 2.77. The van der Waals surface area contributed by atoms with Crippen molar-refractivity contribution in [2.24, 2.45) is 0 Å². The van der Waals surface area contributed by atoms with Crippen LogP contribution in [0.25, 0.3) is 21.6 Å². The first-order chi connectivity index (χ1) is 13.2. The fraction of sp³-hybridized carbons (Fsp3) is 0.190. The van der Waals surface area contributed by atoms with Crippen LogP contribution in [0.1, 0.15) is 9.67 Å². The second-order valence-electron chi connectivity index (χ2n) is 6.58. The number of amides is 1. The third kappa shape index (κ3) is 4.10. The van der Waals surface area contributed by atoms with Gasteiger partial charge in [0.25, 0.3) is 5.91 Å². The van der Waals surface area contributed by atoms with E-state index in [2.05, 4.69) is 0 Å². The molecule has 0 unspecified atom stereocenters. The number of ether oxygens (including phenoxy) is 1. The second-order valence-corrected chi connectivity index (χ2v) is 9.65. The Hall–Kier alpha value is -2.64. The third-order valence-corrected chi connectivity index (χ3v) is 6.60. The highest BCUT2D eigenvalue weighted by Crippen LogP contribution is 2.40. The first-order valence-electron chi connectivity index (χ1n) is 8.51. The molecule has 0 spiro atoms. The summed E-state index contributed by atoms with van der Waals surface area (Å²) >= 11 is 1.42. The van der Waals surface area contributed by atoms with Gasteiger partial charge < -0.3 is 9.64 Å². The highest BCUT2D eigenvalue weighted by molar-refractivity contribution is 7.90. The largest absolute Gasteiger partial charge is 0.497 e. The summed E-state index contributed by atoms with van der Waals surface area (Å²) in [5.74, 6) is 0.683. The number of rotatable bonds is 5. The molecule has 1 aromatic heterocycles. The SMILES string of the molecule is COc1ccc(-c2sc(C(=O)N(C)C)cc2-c2ccc(S(C)(=O)=O)cc2)cc1. The van der Waals surface area contributed by atoms with E-state index in [1.807, 2.05) is 30.3 Å². The Morgan fingerprint density at radius 3 is 2.04 bits per heavy atom. The number of nitrogens with zero attached hydrogens (tertiary/aromatic N) is 1. The molecule has 1 amide bonds.